The summed E-state index contributed by atoms with van der Waals surface area (Å²) in [6.45, 7) is 0. The second-order valence-corrected chi connectivity index (χ2v) is 4.95. The van der Waals surface area contributed by atoms with E-state index in [2.05, 4.69) is 9.97 Å². The monoisotopic (exact) mass is 302 g/mol. The van der Waals surface area contributed by atoms with Gasteiger partial charge in [-0.25, -0.2) is 0 Å². The Hall–Kier alpha value is -1.97. The van der Waals surface area contributed by atoms with Crippen molar-refractivity contribution in [2.45, 2.75) is 0 Å². The van der Waals surface area contributed by atoms with Crippen molar-refractivity contribution in [2.24, 2.45) is 0 Å². The summed E-state index contributed by atoms with van der Waals surface area (Å²) in [5.74, 6) is -0.219. The molecule has 3 aromatic rings. The maximum absolute atomic E-state index is 12.6. The van der Waals surface area contributed by atoms with E-state index in [1.165, 1.54) is 0 Å². The fraction of sp³-hybridized carbons (Fsp3) is 0. The van der Waals surface area contributed by atoms with Gasteiger partial charge >= 0.3 is 0 Å². The number of para-hydroxylation sites is 1. The smallest absolute Gasteiger partial charge is 0.196 e. The number of hydrogen-bond acceptors (Lipinski definition) is 3. The minimum Gasteiger partial charge on any atom is -0.288 e. The number of nitrogens with zero attached hydrogens (tertiary/aromatic N) is 2. The molecule has 0 radical (unpaired) electrons. The molecule has 0 aliphatic carbocycles. The molecule has 0 N–H and O–H groups in total. The van der Waals surface area contributed by atoms with Crippen molar-refractivity contribution < 1.29 is 4.79 Å². The zero-order chi connectivity index (χ0) is 14.1. The third kappa shape index (κ3) is 2.15. The summed E-state index contributed by atoms with van der Waals surface area (Å²) in [6, 6.07) is 10.3. The van der Waals surface area contributed by atoms with E-state index in [-0.39, 0.29) is 10.8 Å². The van der Waals surface area contributed by atoms with Crippen LogP contribution in [0.1, 0.15) is 15.9 Å². The molecule has 0 atom stereocenters. The fourth-order valence-electron chi connectivity index (χ4n) is 2.00. The molecule has 0 spiro atoms. The molecule has 0 saturated heterocycles. The lowest BCUT2D eigenvalue weighted by atomic mass is 10.0. The van der Waals surface area contributed by atoms with Crippen LogP contribution in [-0.4, -0.2) is 15.8 Å². The summed E-state index contributed by atoms with van der Waals surface area (Å²) in [5.41, 5.74) is 2.03. The number of aromatic nitrogens is 2. The molecule has 0 aliphatic rings. The van der Waals surface area contributed by atoms with Crippen LogP contribution in [0.5, 0.6) is 0 Å². The number of hydrogen-bond donors (Lipinski definition) is 0. The van der Waals surface area contributed by atoms with Crippen molar-refractivity contribution in [3.8, 4) is 0 Å². The van der Waals surface area contributed by atoms with E-state index in [4.69, 9.17) is 23.2 Å². The first kappa shape index (κ1) is 13.0. The van der Waals surface area contributed by atoms with Gasteiger partial charge in [-0.05, 0) is 24.3 Å². The van der Waals surface area contributed by atoms with Crippen LogP contribution in [0.15, 0.2) is 48.8 Å². The third-order valence-corrected chi connectivity index (χ3v) is 3.76. The Kier molecular flexibility index (Phi) is 3.38. The van der Waals surface area contributed by atoms with Gasteiger partial charge in [-0.15, -0.1) is 0 Å². The number of rotatable bonds is 2. The minimum absolute atomic E-state index is 0.219. The molecule has 3 rings (SSSR count). The summed E-state index contributed by atoms with van der Waals surface area (Å²) in [5, 5.41) is 0.601. The Morgan fingerprint density at radius 1 is 0.900 bits per heavy atom. The Balaban J connectivity index is 2.21. The first-order chi connectivity index (χ1) is 9.68. The lowest BCUT2D eigenvalue weighted by molar-refractivity contribution is 0.104. The summed E-state index contributed by atoms with van der Waals surface area (Å²) < 4.78 is 0. The van der Waals surface area contributed by atoms with E-state index in [0.29, 0.717) is 27.2 Å². The molecule has 98 valence electrons. The van der Waals surface area contributed by atoms with Gasteiger partial charge in [-0.2, -0.15) is 0 Å². The quantitative estimate of drug-likeness (QED) is 0.667. The predicted molar refractivity (Wildman–Crippen MR) is 79.4 cm³/mol. The number of carbonyl (C=O) groups excluding carboxylic acids is 1. The number of ketones is 1. The number of carbonyl (C=O) groups is 1. The standard InChI is InChI=1S/C15H8Cl2N2O/c16-11-5-1-3-9(13(11)17)15(20)10-4-2-6-12-14(10)19-8-7-18-12/h1-8H. The summed E-state index contributed by atoms with van der Waals surface area (Å²) >= 11 is 12.1. The van der Waals surface area contributed by atoms with E-state index in [1.54, 1.807) is 48.8 Å². The molecule has 0 unspecified atom stereocenters. The van der Waals surface area contributed by atoms with Gasteiger partial charge in [0.2, 0.25) is 0 Å². The van der Waals surface area contributed by atoms with Gasteiger partial charge in [0.15, 0.2) is 5.78 Å². The normalized spacial score (nSPS) is 10.7. The van der Waals surface area contributed by atoms with Crippen LogP contribution >= 0.6 is 23.2 Å². The van der Waals surface area contributed by atoms with Crippen LogP contribution < -0.4 is 0 Å². The van der Waals surface area contributed by atoms with E-state index < -0.39 is 0 Å². The second-order valence-electron chi connectivity index (χ2n) is 4.16. The van der Waals surface area contributed by atoms with Gasteiger partial charge in [-0.3, -0.25) is 14.8 Å². The number of benzene rings is 2. The van der Waals surface area contributed by atoms with Crippen LogP contribution in [0.25, 0.3) is 11.0 Å². The molecule has 0 amide bonds. The average molecular weight is 303 g/mol. The summed E-state index contributed by atoms with van der Waals surface area (Å²) in [6.07, 6.45) is 3.14. The van der Waals surface area contributed by atoms with Crippen molar-refractivity contribution >= 4 is 40.0 Å². The largest absolute Gasteiger partial charge is 0.288 e. The Labute approximate surface area is 125 Å². The van der Waals surface area contributed by atoms with Crippen LogP contribution in [-0.2, 0) is 0 Å². The van der Waals surface area contributed by atoms with Crippen molar-refractivity contribution in [1.29, 1.82) is 0 Å². The maximum atomic E-state index is 12.6. The lowest BCUT2D eigenvalue weighted by Crippen LogP contribution is -2.04. The van der Waals surface area contributed by atoms with Crippen molar-refractivity contribution in [3.05, 3.63) is 70.0 Å². The third-order valence-electron chi connectivity index (χ3n) is 2.94. The van der Waals surface area contributed by atoms with Crippen molar-refractivity contribution in [2.75, 3.05) is 0 Å². The molecule has 0 saturated carbocycles. The van der Waals surface area contributed by atoms with Gasteiger partial charge < -0.3 is 0 Å². The number of fused-ring (bicyclic) bond motifs is 1. The van der Waals surface area contributed by atoms with Crippen molar-refractivity contribution in [3.63, 3.8) is 0 Å². The molecule has 5 heteroatoms. The molecular formula is C15H8Cl2N2O. The highest BCUT2D eigenvalue weighted by atomic mass is 35.5. The topological polar surface area (TPSA) is 42.9 Å². The van der Waals surface area contributed by atoms with Gasteiger partial charge in [-0.1, -0.05) is 35.3 Å². The first-order valence-electron chi connectivity index (χ1n) is 5.87. The minimum atomic E-state index is -0.219. The molecule has 0 bridgehead atoms. The van der Waals surface area contributed by atoms with Crippen molar-refractivity contribution in [1.82, 2.24) is 9.97 Å². The maximum Gasteiger partial charge on any atom is 0.196 e. The van der Waals surface area contributed by atoms with E-state index in [9.17, 15) is 4.79 Å². The highest BCUT2D eigenvalue weighted by Crippen LogP contribution is 2.28. The second kappa shape index (κ2) is 5.19. The molecule has 0 fully saturated rings. The van der Waals surface area contributed by atoms with Crippen LogP contribution in [0.3, 0.4) is 0 Å². The molecule has 1 aromatic heterocycles. The Morgan fingerprint density at radius 2 is 1.60 bits per heavy atom. The molecule has 20 heavy (non-hydrogen) atoms. The molecule has 3 nitrogen and oxygen atoms in total. The Morgan fingerprint density at radius 3 is 2.45 bits per heavy atom. The SMILES string of the molecule is O=C(c1cccc(Cl)c1Cl)c1cccc2nccnc12. The number of halogens is 2. The summed E-state index contributed by atoms with van der Waals surface area (Å²) in [4.78, 5) is 21.0. The molecule has 2 aromatic carbocycles. The van der Waals surface area contributed by atoms with Gasteiger partial charge in [0.25, 0.3) is 0 Å². The van der Waals surface area contributed by atoms with Crippen LogP contribution in [0.2, 0.25) is 10.0 Å². The van der Waals surface area contributed by atoms with Gasteiger partial charge in [0, 0.05) is 18.0 Å². The van der Waals surface area contributed by atoms with Gasteiger partial charge in [0.1, 0.15) is 0 Å². The zero-order valence-electron chi connectivity index (χ0n) is 10.2. The first-order valence-corrected chi connectivity index (χ1v) is 6.62. The van der Waals surface area contributed by atoms with E-state index in [1.807, 2.05) is 0 Å². The molecule has 1 heterocycles. The highest BCUT2D eigenvalue weighted by molar-refractivity contribution is 6.44. The molecule has 0 aliphatic heterocycles. The average Bonchev–Trinajstić information content (AvgIpc) is 2.49. The van der Waals surface area contributed by atoms with Crippen LogP contribution in [0, 0.1) is 0 Å². The Bertz CT molecular complexity index is 813. The zero-order valence-corrected chi connectivity index (χ0v) is 11.7. The lowest BCUT2D eigenvalue weighted by Gasteiger charge is -2.07. The van der Waals surface area contributed by atoms with Crippen LogP contribution in [0.4, 0.5) is 0 Å². The predicted octanol–water partition coefficient (Wildman–Crippen LogP) is 4.17. The highest BCUT2D eigenvalue weighted by Gasteiger charge is 2.17. The fourth-order valence-corrected chi connectivity index (χ4v) is 2.39. The van der Waals surface area contributed by atoms with E-state index in [0.717, 1.165) is 0 Å². The van der Waals surface area contributed by atoms with E-state index >= 15 is 0 Å². The summed E-state index contributed by atoms with van der Waals surface area (Å²) in [7, 11) is 0. The molecular weight excluding hydrogens is 295 g/mol. The van der Waals surface area contributed by atoms with Gasteiger partial charge in [0.05, 0.1) is 26.6 Å².